The molecule has 1 saturated heterocycles. The molecule has 0 unspecified atom stereocenters. The van der Waals surface area contributed by atoms with Gasteiger partial charge in [0.25, 0.3) is 11.8 Å². The lowest BCUT2D eigenvalue weighted by Gasteiger charge is -2.31. The number of hydrogen-bond acceptors (Lipinski definition) is 7. The summed E-state index contributed by atoms with van der Waals surface area (Å²) in [5.74, 6) is 0.874. The van der Waals surface area contributed by atoms with Gasteiger partial charge in [0.05, 0.1) is 19.8 Å². The van der Waals surface area contributed by atoms with E-state index in [0.29, 0.717) is 45.9 Å². The largest absolute Gasteiger partial charge is 0.497 e. The molecule has 33 heavy (non-hydrogen) atoms. The van der Waals surface area contributed by atoms with Gasteiger partial charge in [0, 0.05) is 35.8 Å². The van der Waals surface area contributed by atoms with Crippen LogP contribution in [0.25, 0.3) is 0 Å². The van der Waals surface area contributed by atoms with Crippen molar-refractivity contribution in [2.24, 2.45) is 0 Å². The number of ether oxygens (including phenoxy) is 2. The number of piperidine rings is 1. The molecule has 1 aromatic heterocycles. The van der Waals surface area contributed by atoms with E-state index in [-0.39, 0.29) is 17.7 Å². The number of likely N-dealkylation sites (tertiary alicyclic amines) is 1. The molecule has 8 nitrogen and oxygen atoms in total. The molecule has 0 bridgehead atoms. The van der Waals surface area contributed by atoms with Crippen molar-refractivity contribution in [1.82, 2.24) is 15.1 Å². The number of hydrogen-bond donors (Lipinski definition) is 1. The van der Waals surface area contributed by atoms with E-state index in [4.69, 9.17) is 21.1 Å². The average Bonchev–Trinajstić information content (AvgIpc) is 3.34. The van der Waals surface area contributed by atoms with Gasteiger partial charge in [0.1, 0.15) is 16.5 Å². The molecular formula is C23H23ClN4O4S. The highest BCUT2D eigenvalue weighted by Crippen LogP contribution is 2.32. The number of halogens is 1. The Bertz CT molecular complexity index is 1160. The summed E-state index contributed by atoms with van der Waals surface area (Å²) in [5.41, 5.74) is 1.11. The topological polar surface area (TPSA) is 93.7 Å². The van der Waals surface area contributed by atoms with E-state index in [9.17, 15) is 9.59 Å². The van der Waals surface area contributed by atoms with Gasteiger partial charge in [-0.25, -0.2) is 0 Å². The van der Waals surface area contributed by atoms with Crippen LogP contribution < -0.4 is 14.8 Å². The van der Waals surface area contributed by atoms with E-state index in [1.165, 1.54) is 18.4 Å². The molecule has 1 aliphatic heterocycles. The van der Waals surface area contributed by atoms with Gasteiger partial charge in [-0.2, -0.15) is 0 Å². The van der Waals surface area contributed by atoms with Crippen molar-refractivity contribution in [2.75, 3.05) is 32.6 Å². The van der Waals surface area contributed by atoms with Crippen molar-refractivity contribution in [3.8, 4) is 11.5 Å². The molecule has 2 heterocycles. The molecule has 0 spiro atoms. The molecule has 2 amide bonds. The maximum Gasteiger partial charge on any atom is 0.286 e. The Kier molecular flexibility index (Phi) is 7.10. The molecule has 3 aromatic rings. The molecule has 0 saturated carbocycles. The van der Waals surface area contributed by atoms with Crippen LogP contribution in [0.5, 0.6) is 11.5 Å². The van der Waals surface area contributed by atoms with Crippen molar-refractivity contribution in [2.45, 2.75) is 18.8 Å². The zero-order chi connectivity index (χ0) is 23.4. The third kappa shape index (κ3) is 5.26. The number of rotatable bonds is 6. The Balaban J connectivity index is 1.37. The standard InChI is InChI=1S/C23H23ClN4O4S/c1-31-17-6-7-18(19(13-17)32-2)23(30)28-10-8-14(9-11-28)21-26-27-22(33-21)20(29)25-16-5-3-4-15(24)12-16/h3-7,12-14H,8-11H2,1-2H3,(H,25,29). The lowest BCUT2D eigenvalue weighted by Crippen LogP contribution is -2.38. The van der Waals surface area contributed by atoms with Crippen LogP contribution in [0.15, 0.2) is 42.5 Å². The second kappa shape index (κ2) is 10.2. The SMILES string of the molecule is COc1ccc(C(=O)N2CCC(c3nnc(C(=O)Nc4cccc(Cl)c4)s3)CC2)c(OC)c1. The van der Waals surface area contributed by atoms with Gasteiger partial charge in [-0.1, -0.05) is 29.0 Å². The van der Waals surface area contributed by atoms with Crippen LogP contribution in [0, 0.1) is 0 Å². The lowest BCUT2D eigenvalue weighted by atomic mass is 9.97. The van der Waals surface area contributed by atoms with Gasteiger partial charge in [-0.05, 0) is 43.2 Å². The van der Waals surface area contributed by atoms with Gasteiger partial charge < -0.3 is 19.7 Å². The number of carbonyl (C=O) groups is 2. The smallest absolute Gasteiger partial charge is 0.286 e. The van der Waals surface area contributed by atoms with E-state index in [0.717, 1.165) is 17.8 Å². The van der Waals surface area contributed by atoms with Crippen LogP contribution >= 0.6 is 22.9 Å². The van der Waals surface area contributed by atoms with Crippen molar-refractivity contribution >= 4 is 40.4 Å². The van der Waals surface area contributed by atoms with Gasteiger partial charge in [0.2, 0.25) is 5.01 Å². The van der Waals surface area contributed by atoms with Crippen molar-refractivity contribution in [3.05, 3.63) is 63.1 Å². The summed E-state index contributed by atoms with van der Waals surface area (Å²) in [4.78, 5) is 27.4. The highest BCUT2D eigenvalue weighted by atomic mass is 35.5. The summed E-state index contributed by atoms with van der Waals surface area (Å²) in [6.07, 6.45) is 1.49. The fourth-order valence-electron chi connectivity index (χ4n) is 3.72. The molecule has 10 heteroatoms. The Morgan fingerprint density at radius 3 is 2.58 bits per heavy atom. The molecule has 0 atom stereocenters. The van der Waals surface area contributed by atoms with E-state index < -0.39 is 0 Å². The number of amides is 2. The zero-order valence-corrected chi connectivity index (χ0v) is 19.8. The van der Waals surface area contributed by atoms with Crippen molar-refractivity contribution < 1.29 is 19.1 Å². The Hall–Kier alpha value is -3.17. The summed E-state index contributed by atoms with van der Waals surface area (Å²) >= 11 is 7.25. The number of anilines is 1. The normalized spacial score (nSPS) is 14.1. The molecule has 172 valence electrons. The predicted octanol–water partition coefficient (Wildman–Crippen LogP) is 4.48. The van der Waals surface area contributed by atoms with Gasteiger partial charge in [-0.3, -0.25) is 9.59 Å². The molecule has 1 N–H and O–H groups in total. The van der Waals surface area contributed by atoms with Crippen LogP contribution in [-0.4, -0.2) is 54.2 Å². The van der Waals surface area contributed by atoms with Crippen LogP contribution in [0.2, 0.25) is 5.02 Å². The van der Waals surface area contributed by atoms with Crippen LogP contribution in [0.1, 0.15) is 43.9 Å². The first kappa shape index (κ1) is 23.0. The highest BCUT2D eigenvalue weighted by molar-refractivity contribution is 7.13. The van der Waals surface area contributed by atoms with E-state index in [2.05, 4.69) is 15.5 Å². The summed E-state index contributed by atoms with van der Waals surface area (Å²) < 4.78 is 10.6. The average molecular weight is 487 g/mol. The minimum Gasteiger partial charge on any atom is -0.497 e. The number of nitrogens with one attached hydrogen (secondary N) is 1. The second-order valence-corrected chi connectivity index (χ2v) is 8.99. The molecule has 4 rings (SSSR count). The maximum atomic E-state index is 13.0. The summed E-state index contributed by atoms with van der Waals surface area (Å²) in [5, 5.41) is 12.7. The summed E-state index contributed by atoms with van der Waals surface area (Å²) in [7, 11) is 3.11. The zero-order valence-electron chi connectivity index (χ0n) is 18.2. The lowest BCUT2D eigenvalue weighted by molar-refractivity contribution is 0.0709. The second-order valence-electron chi connectivity index (χ2n) is 7.54. The number of aromatic nitrogens is 2. The predicted molar refractivity (Wildman–Crippen MR) is 127 cm³/mol. The number of carbonyl (C=O) groups excluding carboxylic acids is 2. The third-order valence-electron chi connectivity index (χ3n) is 5.49. The van der Waals surface area contributed by atoms with Gasteiger partial charge >= 0.3 is 0 Å². The van der Waals surface area contributed by atoms with E-state index >= 15 is 0 Å². The fourth-order valence-corrected chi connectivity index (χ4v) is 4.81. The first-order valence-electron chi connectivity index (χ1n) is 10.4. The maximum absolute atomic E-state index is 13.0. The molecule has 0 aliphatic carbocycles. The number of benzene rings is 2. The minimum absolute atomic E-state index is 0.0770. The first-order chi connectivity index (χ1) is 16.0. The Morgan fingerprint density at radius 1 is 1.09 bits per heavy atom. The Morgan fingerprint density at radius 2 is 1.88 bits per heavy atom. The van der Waals surface area contributed by atoms with E-state index in [1.807, 2.05) is 4.90 Å². The van der Waals surface area contributed by atoms with Gasteiger partial charge in [0.15, 0.2) is 0 Å². The van der Waals surface area contributed by atoms with Crippen molar-refractivity contribution in [1.29, 1.82) is 0 Å². The van der Waals surface area contributed by atoms with Crippen molar-refractivity contribution in [3.63, 3.8) is 0 Å². The molecular weight excluding hydrogens is 464 g/mol. The monoisotopic (exact) mass is 486 g/mol. The minimum atomic E-state index is -0.319. The molecule has 2 aromatic carbocycles. The molecule has 0 radical (unpaired) electrons. The molecule has 1 fully saturated rings. The molecule has 1 aliphatic rings. The number of nitrogens with zero attached hydrogens (tertiary/aromatic N) is 3. The Labute approximate surface area is 200 Å². The fraction of sp³-hybridized carbons (Fsp3) is 0.304. The summed E-state index contributed by atoms with van der Waals surface area (Å²) in [6.45, 7) is 1.17. The van der Waals surface area contributed by atoms with Crippen LogP contribution in [0.4, 0.5) is 5.69 Å². The summed E-state index contributed by atoms with van der Waals surface area (Å²) in [6, 6.07) is 12.1. The third-order valence-corrected chi connectivity index (χ3v) is 6.81. The van der Waals surface area contributed by atoms with E-state index in [1.54, 1.807) is 49.6 Å². The quantitative estimate of drug-likeness (QED) is 0.552. The van der Waals surface area contributed by atoms with Crippen LogP contribution in [-0.2, 0) is 0 Å². The number of methoxy groups -OCH3 is 2. The van der Waals surface area contributed by atoms with Gasteiger partial charge in [-0.15, -0.1) is 10.2 Å². The first-order valence-corrected chi connectivity index (χ1v) is 11.6. The highest BCUT2D eigenvalue weighted by Gasteiger charge is 2.29. The van der Waals surface area contributed by atoms with Crippen LogP contribution in [0.3, 0.4) is 0 Å².